The first-order valence-electron chi connectivity index (χ1n) is 41.1. The van der Waals surface area contributed by atoms with Gasteiger partial charge in [0.25, 0.3) is 0 Å². The van der Waals surface area contributed by atoms with Crippen LogP contribution in [0.4, 0.5) is 0 Å². The van der Waals surface area contributed by atoms with E-state index in [1.54, 1.807) is 0 Å². The van der Waals surface area contributed by atoms with Crippen molar-refractivity contribution in [1.82, 2.24) is 0 Å². The number of hydrogen-bond acceptors (Lipinski definition) is 8. The molecule has 2 unspecified atom stereocenters. The summed E-state index contributed by atoms with van der Waals surface area (Å²) in [4.78, 5) is 35.5. The van der Waals surface area contributed by atoms with Gasteiger partial charge in [-0.25, -0.2) is 4.57 Å². The Hall–Kier alpha value is -2.81. The van der Waals surface area contributed by atoms with Crippen molar-refractivity contribution in [3.63, 3.8) is 0 Å². The van der Waals surface area contributed by atoms with Crippen LogP contribution in [0.15, 0.2) is 85.1 Å². The molecule has 0 fully saturated rings. The number of carbonyl (C=O) groups excluding carboxylic acids is 2. The molecule has 0 aliphatic carbocycles. The van der Waals surface area contributed by atoms with Crippen molar-refractivity contribution in [2.24, 2.45) is 5.73 Å². The van der Waals surface area contributed by atoms with Crippen LogP contribution in [-0.4, -0.2) is 49.3 Å². The quantitative estimate of drug-likeness (QED) is 0.0264. The molecule has 0 amide bonds. The van der Waals surface area contributed by atoms with Gasteiger partial charge in [0.2, 0.25) is 0 Å². The van der Waals surface area contributed by atoms with E-state index in [1.165, 1.54) is 295 Å². The molecule has 0 rings (SSSR count). The molecule has 0 aromatic rings. The summed E-state index contributed by atoms with van der Waals surface area (Å²) in [6.45, 7) is 3.70. The molecule has 0 bridgehead atoms. The maximum absolute atomic E-state index is 12.8. The molecular formula is C85H156NO8P. The molecule has 0 saturated heterocycles. The summed E-state index contributed by atoms with van der Waals surface area (Å²) in [5, 5.41) is 0. The average molecular weight is 1350 g/mol. The van der Waals surface area contributed by atoms with Gasteiger partial charge in [0.15, 0.2) is 6.10 Å². The normalized spacial score (nSPS) is 13.3. The number of carbonyl (C=O) groups is 2. The van der Waals surface area contributed by atoms with Crippen LogP contribution in [0, 0.1) is 0 Å². The van der Waals surface area contributed by atoms with E-state index in [9.17, 15) is 19.0 Å². The van der Waals surface area contributed by atoms with Crippen LogP contribution in [-0.2, 0) is 32.7 Å². The second kappa shape index (κ2) is 80.2. The topological polar surface area (TPSA) is 134 Å². The third-order valence-electron chi connectivity index (χ3n) is 18.3. The van der Waals surface area contributed by atoms with Crippen molar-refractivity contribution in [3.8, 4) is 0 Å². The Morgan fingerprint density at radius 2 is 0.579 bits per heavy atom. The summed E-state index contributed by atoms with van der Waals surface area (Å²) < 4.78 is 33.3. The Balaban J connectivity index is 3.77. The number of ether oxygens (including phenoxy) is 2. The molecule has 9 nitrogen and oxygen atoms in total. The Morgan fingerprint density at radius 3 is 0.863 bits per heavy atom. The molecule has 0 saturated carbocycles. The molecule has 0 aromatic carbocycles. The van der Waals surface area contributed by atoms with E-state index in [4.69, 9.17) is 24.3 Å². The van der Waals surface area contributed by atoms with Crippen LogP contribution in [0.25, 0.3) is 0 Å². The lowest BCUT2D eigenvalue weighted by molar-refractivity contribution is -0.161. The number of esters is 2. The van der Waals surface area contributed by atoms with Gasteiger partial charge in [-0.3, -0.25) is 18.6 Å². The van der Waals surface area contributed by atoms with Gasteiger partial charge in [0, 0.05) is 19.4 Å². The van der Waals surface area contributed by atoms with E-state index < -0.39 is 26.5 Å². The second-order valence-corrected chi connectivity index (χ2v) is 29.1. The van der Waals surface area contributed by atoms with E-state index in [0.29, 0.717) is 6.42 Å². The predicted molar refractivity (Wildman–Crippen MR) is 413 cm³/mol. The highest BCUT2D eigenvalue weighted by Gasteiger charge is 2.26. The van der Waals surface area contributed by atoms with Gasteiger partial charge >= 0.3 is 19.8 Å². The third kappa shape index (κ3) is 80.1. The van der Waals surface area contributed by atoms with Crippen LogP contribution < -0.4 is 5.73 Å². The standard InChI is InChI=1S/C85H156NO8P/c1-3-5-7-9-11-13-15-17-19-21-23-25-27-29-31-33-35-37-39-40-41-42-44-46-48-50-52-54-56-58-60-62-64-66-68-70-72-74-76-78-85(88)94-83(82-93-95(89,90)92-80-79-86)81-91-84(87)77-75-73-71-69-67-65-63-61-59-57-55-53-51-49-47-45-43-38-36-34-32-30-28-26-24-22-20-18-16-14-12-10-8-6-4-2/h5,7,11,13,17,19,23,25,29,31,35,37,40-41,83H,3-4,6,8-10,12,14-16,18,20-22,24,26-28,30,32-34,36,38-39,42-82,86H2,1-2H3,(H,89,90)/b7-5-,13-11-,19-17-,25-23-,31-29-,37-35-,41-40-. The van der Waals surface area contributed by atoms with E-state index in [2.05, 4.69) is 98.9 Å². The number of allylic oxidation sites excluding steroid dienone is 14. The summed E-state index contributed by atoms with van der Waals surface area (Å²) in [5.74, 6) is -0.807. The molecule has 0 heterocycles. The summed E-state index contributed by atoms with van der Waals surface area (Å²) >= 11 is 0. The van der Waals surface area contributed by atoms with Gasteiger partial charge in [0.05, 0.1) is 13.2 Å². The molecule has 0 aliphatic rings. The molecule has 554 valence electrons. The zero-order valence-corrected chi connectivity index (χ0v) is 63.6. The van der Waals surface area contributed by atoms with Crippen LogP contribution in [0.5, 0.6) is 0 Å². The Kier molecular flexibility index (Phi) is 77.8. The summed E-state index contributed by atoms with van der Waals surface area (Å²) in [6.07, 6.45) is 109. The van der Waals surface area contributed by atoms with Gasteiger partial charge in [-0.15, -0.1) is 0 Å². The van der Waals surface area contributed by atoms with Gasteiger partial charge < -0.3 is 20.1 Å². The second-order valence-electron chi connectivity index (χ2n) is 27.6. The number of nitrogens with two attached hydrogens (primary N) is 1. The third-order valence-corrected chi connectivity index (χ3v) is 19.3. The van der Waals surface area contributed by atoms with Gasteiger partial charge in [-0.2, -0.15) is 0 Å². The van der Waals surface area contributed by atoms with Crippen LogP contribution in [0.2, 0.25) is 0 Å². The number of unbranched alkanes of at least 4 members (excludes halogenated alkanes) is 51. The van der Waals surface area contributed by atoms with Gasteiger partial charge in [-0.05, 0) is 70.6 Å². The van der Waals surface area contributed by atoms with E-state index in [-0.39, 0.29) is 38.6 Å². The first kappa shape index (κ1) is 92.2. The van der Waals surface area contributed by atoms with Crippen LogP contribution in [0.3, 0.4) is 0 Å². The number of phosphoric acid groups is 1. The molecule has 95 heavy (non-hydrogen) atoms. The number of rotatable bonds is 78. The lowest BCUT2D eigenvalue weighted by atomic mass is 10.0. The molecule has 2 atom stereocenters. The zero-order valence-electron chi connectivity index (χ0n) is 62.7. The molecule has 10 heteroatoms. The fraction of sp³-hybridized carbons (Fsp3) is 0.812. The van der Waals surface area contributed by atoms with Crippen molar-refractivity contribution in [2.45, 2.75) is 418 Å². The van der Waals surface area contributed by atoms with Crippen molar-refractivity contribution in [1.29, 1.82) is 0 Å². The molecule has 0 spiro atoms. The van der Waals surface area contributed by atoms with Gasteiger partial charge in [0.1, 0.15) is 6.61 Å². The molecule has 0 aromatic heterocycles. The minimum absolute atomic E-state index is 0.0539. The maximum atomic E-state index is 12.8. The first-order chi connectivity index (χ1) is 46.8. The number of hydrogen-bond donors (Lipinski definition) is 2. The van der Waals surface area contributed by atoms with Gasteiger partial charge in [-0.1, -0.05) is 414 Å². The monoisotopic (exact) mass is 1350 g/mol. The molecular weight excluding hydrogens is 1190 g/mol. The first-order valence-corrected chi connectivity index (χ1v) is 42.6. The molecule has 0 aliphatic heterocycles. The minimum Gasteiger partial charge on any atom is -0.462 e. The van der Waals surface area contributed by atoms with E-state index >= 15 is 0 Å². The van der Waals surface area contributed by atoms with Crippen LogP contribution >= 0.6 is 7.82 Å². The van der Waals surface area contributed by atoms with Crippen LogP contribution in [0.1, 0.15) is 412 Å². The average Bonchev–Trinajstić information content (AvgIpc) is 3.16. The van der Waals surface area contributed by atoms with E-state index in [1.807, 2.05) is 0 Å². The van der Waals surface area contributed by atoms with Crippen molar-refractivity contribution < 1.29 is 37.6 Å². The molecule has 0 radical (unpaired) electrons. The Morgan fingerprint density at radius 1 is 0.326 bits per heavy atom. The fourth-order valence-corrected chi connectivity index (χ4v) is 13.0. The summed E-state index contributed by atoms with van der Waals surface area (Å²) in [7, 11) is -4.40. The number of phosphoric ester groups is 1. The Bertz CT molecular complexity index is 1840. The Labute approximate surface area is 589 Å². The molecule has 3 N–H and O–H groups in total. The highest BCUT2D eigenvalue weighted by Crippen LogP contribution is 2.43. The lowest BCUT2D eigenvalue weighted by Gasteiger charge is -2.19. The van der Waals surface area contributed by atoms with E-state index in [0.717, 1.165) is 83.5 Å². The summed E-state index contributed by atoms with van der Waals surface area (Å²) in [6, 6.07) is 0. The highest BCUT2D eigenvalue weighted by atomic mass is 31.2. The summed E-state index contributed by atoms with van der Waals surface area (Å²) in [5.41, 5.74) is 5.42. The smallest absolute Gasteiger partial charge is 0.462 e. The lowest BCUT2D eigenvalue weighted by Crippen LogP contribution is -2.29. The predicted octanol–water partition coefficient (Wildman–Crippen LogP) is 27.7. The van der Waals surface area contributed by atoms with Crippen molar-refractivity contribution in [3.05, 3.63) is 85.1 Å². The SMILES string of the molecule is CC/C=C\C/C=C\C/C=C\C/C=C\C/C=C\C/C=C\C/C=C\CCCCCCCCCCCCCCCCCCCC(=O)OC(COC(=O)CCCCCCCCCCCCCCCCCCCCCCCCCCCCCCCCCCCCC)COP(=O)(O)OCCN. The van der Waals surface area contributed by atoms with Crippen molar-refractivity contribution >= 4 is 19.8 Å². The highest BCUT2D eigenvalue weighted by molar-refractivity contribution is 7.47. The minimum atomic E-state index is -4.40. The zero-order chi connectivity index (χ0) is 68.6. The largest absolute Gasteiger partial charge is 0.472 e. The fourth-order valence-electron chi connectivity index (χ4n) is 12.3. The maximum Gasteiger partial charge on any atom is 0.472 e. The van der Waals surface area contributed by atoms with Crippen molar-refractivity contribution in [2.75, 3.05) is 26.4 Å².